The summed E-state index contributed by atoms with van der Waals surface area (Å²) in [6.07, 6.45) is 2.17. The molecule has 1 atom stereocenters. The summed E-state index contributed by atoms with van der Waals surface area (Å²) in [5.74, 6) is 0. The van der Waals surface area contributed by atoms with E-state index in [-0.39, 0.29) is 3.00 Å². The average molecular weight is 330 g/mol. The zero-order valence-electron chi connectivity index (χ0n) is 10.3. The van der Waals surface area contributed by atoms with E-state index in [1.54, 1.807) is 0 Å². The molecule has 0 aromatic heterocycles. The molecule has 0 radical (unpaired) electrons. The summed E-state index contributed by atoms with van der Waals surface area (Å²) in [6, 6.07) is 1.11. The van der Waals surface area contributed by atoms with Gasteiger partial charge in [0, 0.05) is 12.1 Å². The van der Waals surface area contributed by atoms with Crippen LogP contribution in [-0.2, 0) is 0 Å². The Morgan fingerprint density at radius 3 is 1.50 bits per heavy atom. The van der Waals surface area contributed by atoms with Crippen molar-refractivity contribution >= 4 is 34.4 Å². The number of halogens is 1. The van der Waals surface area contributed by atoms with Crippen molar-refractivity contribution in [3.63, 3.8) is 0 Å². The van der Waals surface area contributed by atoms with Crippen molar-refractivity contribution in [3.05, 3.63) is 0 Å². The average Bonchev–Trinajstić information content (AvgIpc) is 2.02. The first-order valence-electron chi connectivity index (χ1n) is 4.97. The van der Waals surface area contributed by atoms with Crippen LogP contribution in [0, 0.1) is 0 Å². The fourth-order valence-corrected chi connectivity index (χ4v) is 3.86. The highest BCUT2D eigenvalue weighted by Crippen LogP contribution is 2.39. The van der Waals surface area contributed by atoms with Crippen LogP contribution in [0.15, 0.2) is 0 Å². The normalized spacial score (nSPS) is 17.1. The van der Waals surface area contributed by atoms with E-state index in [0.29, 0.717) is 12.1 Å². The van der Waals surface area contributed by atoms with Crippen LogP contribution >= 0.6 is 34.4 Å². The summed E-state index contributed by atoms with van der Waals surface area (Å²) in [5, 5.41) is 0. The monoisotopic (exact) mass is 330 g/mol. The summed E-state index contributed by atoms with van der Waals surface area (Å²) in [4.78, 5) is 4.80. The molecule has 0 saturated heterocycles. The van der Waals surface area contributed by atoms with E-state index in [9.17, 15) is 0 Å². The van der Waals surface area contributed by atoms with Crippen molar-refractivity contribution in [2.75, 3.05) is 20.4 Å². The number of nitrogens with zero attached hydrogens (tertiary/aromatic N) is 2. The molecule has 0 aliphatic carbocycles. The van der Waals surface area contributed by atoms with E-state index in [1.807, 2.05) is 11.8 Å². The van der Waals surface area contributed by atoms with Crippen LogP contribution < -0.4 is 0 Å². The predicted molar refractivity (Wildman–Crippen MR) is 76.1 cm³/mol. The fourth-order valence-electron chi connectivity index (χ4n) is 1.75. The number of thioether (sulfide) groups is 1. The Hall–Kier alpha value is 1.00. The van der Waals surface area contributed by atoms with Crippen LogP contribution in [0.5, 0.6) is 0 Å². The highest BCUT2D eigenvalue weighted by Gasteiger charge is 2.38. The molecule has 0 bridgehead atoms. The van der Waals surface area contributed by atoms with Gasteiger partial charge in [-0.05, 0) is 70.6 Å². The van der Waals surface area contributed by atoms with Crippen molar-refractivity contribution in [2.45, 2.75) is 42.8 Å². The smallest absolute Gasteiger partial charge is 0.175 e. The summed E-state index contributed by atoms with van der Waals surface area (Å²) in [6.45, 7) is 9.03. The lowest BCUT2D eigenvalue weighted by Gasteiger charge is -2.47. The van der Waals surface area contributed by atoms with Crippen molar-refractivity contribution in [1.29, 1.82) is 0 Å². The maximum atomic E-state index is 2.54. The summed E-state index contributed by atoms with van der Waals surface area (Å²) in [5.41, 5.74) is 0. The van der Waals surface area contributed by atoms with E-state index in [2.05, 4.69) is 80.4 Å². The second-order valence-electron chi connectivity index (χ2n) is 4.22. The van der Waals surface area contributed by atoms with Crippen molar-refractivity contribution < 1.29 is 0 Å². The second kappa shape index (κ2) is 5.92. The van der Waals surface area contributed by atoms with Gasteiger partial charge < -0.3 is 0 Å². The van der Waals surface area contributed by atoms with Gasteiger partial charge in [0.1, 0.15) is 0 Å². The highest BCUT2D eigenvalue weighted by atomic mass is 127. The van der Waals surface area contributed by atoms with Gasteiger partial charge in [0.2, 0.25) is 0 Å². The highest BCUT2D eigenvalue weighted by molar-refractivity contribution is 14.1. The molecule has 0 aromatic carbocycles. The maximum Gasteiger partial charge on any atom is 0.175 e. The maximum absolute atomic E-state index is 2.54. The van der Waals surface area contributed by atoms with Crippen LogP contribution in [-0.4, -0.2) is 45.2 Å². The Kier molecular flexibility index (Phi) is 6.34. The van der Waals surface area contributed by atoms with Gasteiger partial charge in [0.15, 0.2) is 3.00 Å². The molecule has 0 saturated carbocycles. The Balaban J connectivity index is 4.94. The SMILES string of the molecule is CSC(I)(N(C)C)N(C(C)C)C(C)C. The number of hydrogen-bond acceptors (Lipinski definition) is 3. The van der Waals surface area contributed by atoms with E-state index < -0.39 is 0 Å². The summed E-state index contributed by atoms with van der Waals surface area (Å²) < 4.78 is 0.0556. The molecular formula is C10H23IN2S. The van der Waals surface area contributed by atoms with Gasteiger partial charge in [0.25, 0.3) is 0 Å². The van der Waals surface area contributed by atoms with Gasteiger partial charge in [-0.2, -0.15) is 0 Å². The van der Waals surface area contributed by atoms with Crippen LogP contribution in [0.3, 0.4) is 0 Å². The van der Waals surface area contributed by atoms with Gasteiger partial charge >= 0.3 is 0 Å². The molecule has 0 N–H and O–H groups in total. The minimum absolute atomic E-state index is 0.0556. The van der Waals surface area contributed by atoms with Crippen LogP contribution in [0.25, 0.3) is 0 Å². The van der Waals surface area contributed by atoms with Gasteiger partial charge in [-0.15, -0.1) is 11.8 Å². The molecule has 0 aliphatic heterocycles. The molecule has 86 valence electrons. The third-order valence-electron chi connectivity index (χ3n) is 2.24. The van der Waals surface area contributed by atoms with Crippen LogP contribution in [0.2, 0.25) is 0 Å². The summed E-state index contributed by atoms with van der Waals surface area (Å²) in [7, 11) is 4.28. The number of hydrogen-bond donors (Lipinski definition) is 0. The van der Waals surface area contributed by atoms with Gasteiger partial charge in [-0.1, -0.05) is 0 Å². The van der Waals surface area contributed by atoms with E-state index in [1.165, 1.54) is 0 Å². The van der Waals surface area contributed by atoms with Gasteiger partial charge in [-0.3, -0.25) is 9.80 Å². The van der Waals surface area contributed by atoms with Gasteiger partial charge in [-0.25, -0.2) is 0 Å². The molecule has 4 heteroatoms. The van der Waals surface area contributed by atoms with E-state index in [0.717, 1.165) is 0 Å². The lowest BCUT2D eigenvalue weighted by Crippen LogP contribution is -2.56. The largest absolute Gasteiger partial charge is 0.274 e. The van der Waals surface area contributed by atoms with Crippen molar-refractivity contribution in [3.8, 4) is 0 Å². The van der Waals surface area contributed by atoms with Crippen molar-refractivity contribution in [2.24, 2.45) is 0 Å². The molecule has 0 amide bonds. The van der Waals surface area contributed by atoms with Crippen LogP contribution in [0.4, 0.5) is 0 Å². The molecular weight excluding hydrogens is 307 g/mol. The first-order valence-corrected chi connectivity index (χ1v) is 7.27. The predicted octanol–water partition coefficient (Wildman–Crippen LogP) is 3.08. The van der Waals surface area contributed by atoms with E-state index >= 15 is 0 Å². The molecule has 1 unspecified atom stereocenters. The zero-order chi connectivity index (χ0) is 11.5. The quantitative estimate of drug-likeness (QED) is 0.331. The minimum Gasteiger partial charge on any atom is -0.274 e. The first kappa shape index (κ1) is 15.0. The molecule has 14 heavy (non-hydrogen) atoms. The fraction of sp³-hybridized carbons (Fsp3) is 1.00. The molecule has 2 nitrogen and oxygen atoms in total. The van der Waals surface area contributed by atoms with Gasteiger partial charge in [0.05, 0.1) is 0 Å². The molecule has 0 aromatic rings. The number of rotatable bonds is 5. The number of alkyl halides is 1. The first-order chi connectivity index (χ1) is 6.27. The minimum atomic E-state index is 0.0556. The topological polar surface area (TPSA) is 6.48 Å². The zero-order valence-corrected chi connectivity index (χ0v) is 13.3. The lowest BCUT2D eigenvalue weighted by molar-refractivity contribution is 0.0721. The molecule has 0 fully saturated rings. The molecule has 0 rings (SSSR count). The van der Waals surface area contributed by atoms with Crippen molar-refractivity contribution in [1.82, 2.24) is 9.80 Å². The lowest BCUT2D eigenvalue weighted by atomic mass is 10.2. The second-order valence-corrected chi connectivity index (χ2v) is 7.44. The van der Waals surface area contributed by atoms with Crippen LogP contribution in [0.1, 0.15) is 27.7 Å². The third kappa shape index (κ3) is 3.25. The molecule has 0 heterocycles. The Bertz CT molecular complexity index is 166. The molecule has 0 aliphatic rings. The third-order valence-corrected chi connectivity index (χ3v) is 6.18. The standard InChI is InChI=1S/C10H23IN2S/c1-8(2)13(9(3)4)10(11,14-7)12(5)6/h8-9H,1-7H3. The van der Waals surface area contributed by atoms with E-state index in [4.69, 9.17) is 0 Å². The summed E-state index contributed by atoms with van der Waals surface area (Å²) >= 11 is 4.42. The Labute approximate surface area is 107 Å². The Morgan fingerprint density at radius 1 is 1.07 bits per heavy atom. The Morgan fingerprint density at radius 2 is 1.43 bits per heavy atom. The molecule has 0 spiro atoms.